The zero-order valence-electron chi connectivity index (χ0n) is 20.7. The van der Waals surface area contributed by atoms with E-state index in [9.17, 15) is 14.7 Å². The fourth-order valence-electron chi connectivity index (χ4n) is 5.88. The zero-order chi connectivity index (χ0) is 25.5. The predicted octanol–water partition coefficient (Wildman–Crippen LogP) is 2.60. The molecule has 2 aromatic rings. The van der Waals surface area contributed by atoms with E-state index in [1.165, 1.54) is 0 Å². The first kappa shape index (κ1) is 24.7. The maximum Gasteiger partial charge on any atom is 0.251 e. The van der Waals surface area contributed by atoms with Crippen molar-refractivity contribution < 1.29 is 19.4 Å². The molecule has 5 rings (SSSR count). The molecule has 3 aliphatic heterocycles. The number of carboxylic acids is 1. The Morgan fingerprint density at radius 2 is 1.97 bits per heavy atom. The highest BCUT2D eigenvalue weighted by Crippen LogP contribution is 2.55. The third-order valence-corrected chi connectivity index (χ3v) is 8.03. The Morgan fingerprint density at radius 3 is 2.69 bits per heavy atom. The number of anilines is 2. The highest BCUT2D eigenvalue weighted by Gasteiger charge is 2.59. The molecule has 36 heavy (non-hydrogen) atoms. The molecule has 7 nitrogen and oxygen atoms in total. The van der Waals surface area contributed by atoms with Gasteiger partial charge >= 0.3 is 0 Å². The maximum atomic E-state index is 12.6. The molecule has 190 valence electrons. The molecule has 3 aliphatic rings. The Balaban J connectivity index is 1.41. The SMILES string of the molecule is CC1(C)c2cc(C(=O)NCCS)ccc2N2CCOC21/C=C/c1ccc(N2CCCC2C(=O)[O-])cc1. The van der Waals surface area contributed by atoms with Crippen molar-refractivity contribution in [2.75, 3.05) is 41.8 Å². The van der Waals surface area contributed by atoms with Crippen LogP contribution in [0.1, 0.15) is 48.2 Å². The van der Waals surface area contributed by atoms with E-state index in [1.807, 2.05) is 47.4 Å². The molecule has 0 aromatic heterocycles. The van der Waals surface area contributed by atoms with E-state index in [1.54, 1.807) is 0 Å². The second-order valence-electron chi connectivity index (χ2n) is 10.1. The number of nitrogens with zero attached hydrogens (tertiary/aromatic N) is 2. The Labute approximate surface area is 217 Å². The summed E-state index contributed by atoms with van der Waals surface area (Å²) in [6.07, 6.45) is 5.66. The van der Waals surface area contributed by atoms with Crippen LogP contribution in [0.25, 0.3) is 6.08 Å². The van der Waals surface area contributed by atoms with Gasteiger partial charge in [-0.2, -0.15) is 12.6 Å². The second kappa shape index (κ2) is 9.48. The first-order chi connectivity index (χ1) is 17.3. The normalized spacial score (nSPS) is 24.2. The van der Waals surface area contributed by atoms with Crippen molar-refractivity contribution in [2.24, 2.45) is 0 Å². The number of carbonyl (C=O) groups is 2. The Bertz CT molecular complexity index is 1200. The molecule has 0 saturated carbocycles. The number of carboxylic acid groups (broad SMARTS) is 1. The lowest BCUT2D eigenvalue weighted by Crippen LogP contribution is -2.51. The van der Waals surface area contributed by atoms with Gasteiger partial charge in [0.05, 0.1) is 18.6 Å². The average molecular weight is 507 g/mol. The number of hydrogen-bond donors (Lipinski definition) is 2. The van der Waals surface area contributed by atoms with Crippen molar-refractivity contribution >= 4 is 42.0 Å². The van der Waals surface area contributed by atoms with Crippen LogP contribution in [-0.2, 0) is 14.9 Å². The minimum atomic E-state index is -1.01. The molecule has 2 atom stereocenters. The fraction of sp³-hybridized carbons (Fsp3) is 0.429. The van der Waals surface area contributed by atoms with Crippen molar-refractivity contribution in [3.8, 4) is 0 Å². The highest BCUT2D eigenvalue weighted by molar-refractivity contribution is 7.80. The quantitative estimate of drug-likeness (QED) is 0.562. The highest BCUT2D eigenvalue weighted by atomic mass is 32.1. The van der Waals surface area contributed by atoms with Crippen molar-refractivity contribution in [1.29, 1.82) is 0 Å². The Morgan fingerprint density at radius 1 is 1.19 bits per heavy atom. The van der Waals surface area contributed by atoms with Crippen molar-refractivity contribution in [3.63, 3.8) is 0 Å². The number of hydrogen-bond acceptors (Lipinski definition) is 7. The predicted molar refractivity (Wildman–Crippen MR) is 143 cm³/mol. The van der Waals surface area contributed by atoms with E-state index in [-0.39, 0.29) is 5.91 Å². The third kappa shape index (κ3) is 3.96. The molecule has 0 spiro atoms. The first-order valence-corrected chi connectivity index (χ1v) is 13.1. The molecular formula is C28H32N3O4S-. The molecule has 8 heteroatoms. The number of ether oxygens (including phenoxy) is 1. The van der Waals surface area contributed by atoms with Crippen LogP contribution in [0.5, 0.6) is 0 Å². The summed E-state index contributed by atoms with van der Waals surface area (Å²) in [5, 5.41) is 14.4. The van der Waals surface area contributed by atoms with Crippen LogP contribution in [0.4, 0.5) is 11.4 Å². The summed E-state index contributed by atoms with van der Waals surface area (Å²) >= 11 is 4.17. The van der Waals surface area contributed by atoms with Gasteiger partial charge in [-0.05, 0) is 60.4 Å². The van der Waals surface area contributed by atoms with Crippen molar-refractivity contribution in [1.82, 2.24) is 5.32 Å². The minimum absolute atomic E-state index is 0.0979. The molecule has 2 unspecified atom stereocenters. The van der Waals surface area contributed by atoms with Gasteiger partial charge in [-0.1, -0.05) is 32.1 Å². The summed E-state index contributed by atoms with van der Waals surface area (Å²) in [7, 11) is 0. The van der Waals surface area contributed by atoms with Gasteiger partial charge < -0.3 is 29.8 Å². The number of nitrogens with one attached hydrogen (secondary N) is 1. The van der Waals surface area contributed by atoms with E-state index in [0.29, 0.717) is 30.9 Å². The molecule has 1 N–H and O–H groups in total. The molecule has 3 heterocycles. The molecule has 0 bridgehead atoms. The average Bonchev–Trinajstić information content (AvgIpc) is 3.57. The lowest BCUT2D eigenvalue weighted by atomic mass is 9.77. The third-order valence-electron chi connectivity index (χ3n) is 7.81. The molecule has 1 amide bonds. The van der Waals surface area contributed by atoms with Crippen LogP contribution in [0, 0.1) is 0 Å². The molecule has 2 aromatic carbocycles. The topological polar surface area (TPSA) is 84.9 Å². The van der Waals surface area contributed by atoms with Crippen molar-refractivity contribution in [3.05, 3.63) is 65.2 Å². The molecule has 0 radical (unpaired) electrons. The summed E-state index contributed by atoms with van der Waals surface area (Å²) in [5.41, 5.74) is 3.65. The van der Waals surface area contributed by atoms with Gasteiger partial charge in [-0.25, -0.2) is 0 Å². The summed E-state index contributed by atoms with van der Waals surface area (Å²) in [6.45, 7) is 6.96. The largest absolute Gasteiger partial charge is 0.548 e. The summed E-state index contributed by atoms with van der Waals surface area (Å²) in [4.78, 5) is 28.2. The van der Waals surface area contributed by atoms with E-state index in [0.717, 1.165) is 42.0 Å². The number of thiol groups is 1. The van der Waals surface area contributed by atoms with E-state index in [4.69, 9.17) is 4.74 Å². The first-order valence-electron chi connectivity index (χ1n) is 12.5. The lowest BCUT2D eigenvalue weighted by molar-refractivity contribution is -0.307. The number of aliphatic carboxylic acids is 1. The van der Waals surface area contributed by atoms with Crippen LogP contribution < -0.4 is 20.2 Å². The monoisotopic (exact) mass is 506 g/mol. The van der Waals surface area contributed by atoms with Crippen LogP contribution in [0.2, 0.25) is 0 Å². The van der Waals surface area contributed by atoms with Gasteiger partial charge in [0, 0.05) is 47.7 Å². The summed E-state index contributed by atoms with van der Waals surface area (Å²) < 4.78 is 6.44. The fourth-order valence-corrected chi connectivity index (χ4v) is 6.00. The van der Waals surface area contributed by atoms with Crippen LogP contribution in [0.3, 0.4) is 0 Å². The van der Waals surface area contributed by atoms with E-state index < -0.39 is 23.2 Å². The summed E-state index contributed by atoms with van der Waals surface area (Å²) in [6, 6.07) is 13.3. The molecule has 2 saturated heterocycles. The van der Waals surface area contributed by atoms with Gasteiger partial charge in [-0.3, -0.25) is 4.79 Å². The number of fused-ring (bicyclic) bond motifs is 3. The van der Waals surface area contributed by atoms with Gasteiger partial charge in [-0.15, -0.1) is 0 Å². The van der Waals surface area contributed by atoms with E-state index >= 15 is 0 Å². The minimum Gasteiger partial charge on any atom is -0.548 e. The zero-order valence-corrected chi connectivity index (χ0v) is 21.6. The molecule has 2 fully saturated rings. The number of amides is 1. The van der Waals surface area contributed by atoms with Gasteiger partial charge in [0.2, 0.25) is 0 Å². The summed E-state index contributed by atoms with van der Waals surface area (Å²) in [5.74, 6) is -0.521. The maximum absolute atomic E-state index is 12.6. The van der Waals surface area contributed by atoms with Gasteiger partial charge in [0.1, 0.15) is 0 Å². The molecule has 0 aliphatic carbocycles. The number of carbonyl (C=O) groups excluding carboxylic acids is 2. The van der Waals surface area contributed by atoms with Crippen LogP contribution in [0.15, 0.2) is 48.5 Å². The van der Waals surface area contributed by atoms with E-state index in [2.05, 4.69) is 48.8 Å². The van der Waals surface area contributed by atoms with Gasteiger partial charge in [0.15, 0.2) is 5.72 Å². The molecular weight excluding hydrogens is 474 g/mol. The van der Waals surface area contributed by atoms with Crippen molar-refractivity contribution in [2.45, 2.75) is 43.9 Å². The Hall–Kier alpha value is -2.97. The lowest BCUT2D eigenvalue weighted by Gasteiger charge is -2.39. The van der Waals surface area contributed by atoms with Crippen LogP contribution in [-0.4, -0.2) is 55.6 Å². The smallest absolute Gasteiger partial charge is 0.251 e. The number of benzene rings is 2. The van der Waals surface area contributed by atoms with Gasteiger partial charge in [0.25, 0.3) is 5.91 Å². The van der Waals surface area contributed by atoms with Crippen LogP contribution >= 0.6 is 12.6 Å². The number of rotatable bonds is 7. The Kier molecular flexibility index (Phi) is 6.51. The second-order valence-corrected chi connectivity index (χ2v) is 10.6. The standard InChI is InChI=1S/C28H33N3O4S/c1-27(2)22-18-20(25(32)29-13-17-36)7-10-23(22)31-15-16-35-28(27,31)12-11-19-5-8-21(9-6-19)30-14-3-4-24(30)26(33)34/h5-12,18,24,36H,3-4,13-17H2,1-2H3,(H,29,32)(H,33,34)/p-1/b12-11+.